The first-order valence-electron chi connectivity index (χ1n) is 10.8. The zero-order valence-corrected chi connectivity index (χ0v) is 20.6. The average Bonchev–Trinajstić information content (AvgIpc) is 2.90. The summed E-state index contributed by atoms with van der Waals surface area (Å²) in [6.07, 6.45) is 0.538. The SMILES string of the molecule is CC(C)(C)Cc1nc2cc(CC(=O)C(C(=O)OC(C)(C)C)C(=O)OC(C)(C)C)ccc2o1. The first kappa shape index (κ1) is 25.6. The third-order valence-electron chi connectivity index (χ3n) is 4.16. The van der Waals surface area contributed by atoms with Gasteiger partial charge in [0.1, 0.15) is 16.7 Å². The number of Topliss-reactive ketones (excluding diaryl/α,β-unsaturated/α-hetero) is 1. The van der Waals surface area contributed by atoms with Gasteiger partial charge in [0, 0.05) is 12.8 Å². The van der Waals surface area contributed by atoms with E-state index in [0.717, 1.165) is 0 Å². The predicted molar refractivity (Wildman–Crippen MR) is 121 cm³/mol. The van der Waals surface area contributed by atoms with Crippen LogP contribution >= 0.6 is 0 Å². The van der Waals surface area contributed by atoms with Crippen molar-refractivity contribution in [1.29, 1.82) is 0 Å². The Labute approximate surface area is 189 Å². The van der Waals surface area contributed by atoms with E-state index in [1.165, 1.54) is 0 Å². The monoisotopic (exact) mass is 445 g/mol. The summed E-state index contributed by atoms with van der Waals surface area (Å²) in [5.74, 6) is -3.45. The fourth-order valence-electron chi connectivity index (χ4n) is 3.04. The highest BCUT2D eigenvalue weighted by Gasteiger charge is 2.40. The van der Waals surface area contributed by atoms with Crippen molar-refractivity contribution in [2.24, 2.45) is 11.3 Å². The third-order valence-corrected chi connectivity index (χ3v) is 4.16. The number of nitrogens with zero attached hydrogens (tertiary/aromatic N) is 1. The molecule has 7 nitrogen and oxygen atoms in total. The summed E-state index contributed by atoms with van der Waals surface area (Å²) in [4.78, 5) is 43.0. The van der Waals surface area contributed by atoms with Crippen LogP contribution in [0.5, 0.6) is 0 Å². The summed E-state index contributed by atoms with van der Waals surface area (Å²) in [5.41, 5.74) is 0.196. The lowest BCUT2D eigenvalue weighted by Crippen LogP contribution is -2.41. The topological polar surface area (TPSA) is 95.7 Å². The zero-order valence-electron chi connectivity index (χ0n) is 20.6. The van der Waals surface area contributed by atoms with E-state index >= 15 is 0 Å². The van der Waals surface area contributed by atoms with Crippen molar-refractivity contribution in [1.82, 2.24) is 4.98 Å². The first-order chi connectivity index (χ1) is 14.4. The van der Waals surface area contributed by atoms with Crippen molar-refractivity contribution < 1.29 is 28.3 Å². The van der Waals surface area contributed by atoms with Crippen LogP contribution in [-0.2, 0) is 36.7 Å². The smallest absolute Gasteiger partial charge is 0.328 e. The number of ketones is 1. The molecule has 0 fully saturated rings. The summed E-state index contributed by atoms with van der Waals surface area (Å²) >= 11 is 0. The van der Waals surface area contributed by atoms with Crippen molar-refractivity contribution in [3.8, 4) is 0 Å². The van der Waals surface area contributed by atoms with Gasteiger partial charge in [-0.25, -0.2) is 4.98 Å². The van der Waals surface area contributed by atoms with Crippen LogP contribution in [0.4, 0.5) is 0 Å². The molecule has 176 valence electrons. The lowest BCUT2D eigenvalue weighted by atomic mass is 9.92. The number of hydrogen-bond acceptors (Lipinski definition) is 7. The number of oxazole rings is 1. The molecule has 0 aliphatic rings. The molecule has 7 heteroatoms. The summed E-state index contributed by atoms with van der Waals surface area (Å²) < 4.78 is 16.4. The Hall–Kier alpha value is -2.70. The molecule has 1 aromatic carbocycles. The maximum atomic E-state index is 13.1. The standard InChI is InChI=1S/C25H35NO6/c1-23(2,3)14-19-26-16-12-15(10-11-18(16)30-19)13-17(27)20(21(28)31-24(4,5)6)22(29)32-25(7,8)9/h10-12,20H,13-14H2,1-9H3. The Morgan fingerprint density at radius 1 is 0.906 bits per heavy atom. The molecule has 0 radical (unpaired) electrons. The van der Waals surface area contributed by atoms with Crippen molar-refractivity contribution in [2.75, 3.05) is 0 Å². The van der Waals surface area contributed by atoms with Gasteiger partial charge in [0.2, 0.25) is 5.92 Å². The van der Waals surface area contributed by atoms with E-state index in [1.54, 1.807) is 59.7 Å². The Bertz CT molecular complexity index is 970. The number of aromatic nitrogens is 1. The van der Waals surface area contributed by atoms with E-state index in [1.807, 2.05) is 0 Å². The van der Waals surface area contributed by atoms with Crippen molar-refractivity contribution in [3.05, 3.63) is 29.7 Å². The molecule has 0 aliphatic carbocycles. The third kappa shape index (κ3) is 7.77. The number of fused-ring (bicyclic) bond motifs is 1. The van der Waals surface area contributed by atoms with Crippen LogP contribution in [0, 0.1) is 11.3 Å². The van der Waals surface area contributed by atoms with Gasteiger partial charge in [0.15, 0.2) is 17.3 Å². The number of ether oxygens (including phenoxy) is 2. The second-order valence-corrected chi connectivity index (χ2v) is 11.3. The lowest BCUT2D eigenvalue weighted by molar-refractivity contribution is -0.175. The fraction of sp³-hybridized carbons (Fsp3) is 0.600. The van der Waals surface area contributed by atoms with E-state index in [-0.39, 0.29) is 11.8 Å². The predicted octanol–water partition coefficient (Wildman–Crippen LogP) is 4.83. The highest BCUT2D eigenvalue weighted by Crippen LogP contribution is 2.25. The second kappa shape index (κ2) is 9.04. The van der Waals surface area contributed by atoms with Crippen LogP contribution in [0.25, 0.3) is 11.1 Å². The highest BCUT2D eigenvalue weighted by atomic mass is 16.6. The molecule has 0 amide bonds. The van der Waals surface area contributed by atoms with Gasteiger partial charge in [0.25, 0.3) is 0 Å². The molecule has 0 saturated carbocycles. The molecule has 2 aromatic rings. The van der Waals surface area contributed by atoms with E-state index in [4.69, 9.17) is 13.9 Å². The van der Waals surface area contributed by atoms with E-state index in [9.17, 15) is 14.4 Å². The molecular weight excluding hydrogens is 410 g/mol. The molecule has 0 N–H and O–H groups in total. The Kier molecular flexibility index (Phi) is 7.22. The number of carbonyl (C=O) groups excluding carboxylic acids is 3. The highest BCUT2D eigenvalue weighted by molar-refractivity contribution is 6.15. The minimum Gasteiger partial charge on any atom is -0.459 e. The molecule has 0 atom stereocenters. The summed E-state index contributed by atoms with van der Waals surface area (Å²) in [6, 6.07) is 5.21. The Balaban J connectivity index is 2.28. The fourth-order valence-corrected chi connectivity index (χ4v) is 3.04. The minimum atomic E-state index is -1.65. The van der Waals surface area contributed by atoms with Gasteiger partial charge in [-0.3, -0.25) is 14.4 Å². The van der Waals surface area contributed by atoms with Crippen LogP contribution in [0.3, 0.4) is 0 Å². The van der Waals surface area contributed by atoms with Gasteiger partial charge in [-0.15, -0.1) is 0 Å². The molecule has 2 rings (SSSR count). The molecule has 0 saturated heterocycles. The van der Waals surface area contributed by atoms with E-state index in [2.05, 4.69) is 25.8 Å². The number of esters is 2. The quantitative estimate of drug-likeness (QED) is 0.464. The number of rotatable bonds is 6. The van der Waals surface area contributed by atoms with Crippen LogP contribution in [0.1, 0.15) is 73.8 Å². The zero-order chi connectivity index (χ0) is 24.5. The van der Waals surface area contributed by atoms with Crippen LogP contribution < -0.4 is 0 Å². The van der Waals surface area contributed by atoms with Crippen LogP contribution in [0.2, 0.25) is 0 Å². The van der Waals surface area contributed by atoms with E-state index < -0.39 is 34.8 Å². The molecular formula is C25H35NO6. The summed E-state index contributed by atoms with van der Waals surface area (Å²) in [7, 11) is 0. The van der Waals surface area contributed by atoms with E-state index in [0.29, 0.717) is 29.0 Å². The molecule has 0 spiro atoms. The van der Waals surface area contributed by atoms with Gasteiger partial charge in [-0.1, -0.05) is 26.8 Å². The normalized spacial score (nSPS) is 12.8. The molecule has 0 bridgehead atoms. The largest absolute Gasteiger partial charge is 0.459 e. The van der Waals surface area contributed by atoms with Crippen LogP contribution in [0.15, 0.2) is 22.6 Å². The summed E-state index contributed by atoms with van der Waals surface area (Å²) in [5, 5.41) is 0. The van der Waals surface area contributed by atoms with Gasteiger partial charge in [0.05, 0.1) is 0 Å². The molecule has 32 heavy (non-hydrogen) atoms. The number of hydrogen-bond donors (Lipinski definition) is 0. The minimum absolute atomic E-state index is 0.0216. The van der Waals surface area contributed by atoms with Gasteiger partial charge < -0.3 is 13.9 Å². The molecule has 0 aliphatic heterocycles. The lowest BCUT2D eigenvalue weighted by Gasteiger charge is -2.25. The van der Waals surface area contributed by atoms with Crippen LogP contribution in [-0.4, -0.2) is 33.9 Å². The number of benzene rings is 1. The van der Waals surface area contributed by atoms with Gasteiger partial charge >= 0.3 is 11.9 Å². The van der Waals surface area contributed by atoms with Crippen molar-refractivity contribution in [3.63, 3.8) is 0 Å². The molecule has 1 aromatic heterocycles. The Morgan fingerprint density at radius 2 is 1.44 bits per heavy atom. The van der Waals surface area contributed by atoms with Crippen molar-refractivity contribution >= 4 is 28.8 Å². The summed E-state index contributed by atoms with van der Waals surface area (Å²) in [6.45, 7) is 16.3. The molecule has 0 unspecified atom stereocenters. The first-order valence-corrected chi connectivity index (χ1v) is 10.8. The second-order valence-electron chi connectivity index (χ2n) is 11.3. The molecule has 1 heterocycles. The van der Waals surface area contributed by atoms with Gasteiger partial charge in [-0.05, 0) is 64.7 Å². The maximum absolute atomic E-state index is 13.1. The number of carbonyl (C=O) groups is 3. The Morgan fingerprint density at radius 3 is 1.91 bits per heavy atom. The maximum Gasteiger partial charge on any atom is 0.328 e. The van der Waals surface area contributed by atoms with Crippen molar-refractivity contribution in [2.45, 2.75) is 86.4 Å². The average molecular weight is 446 g/mol. The van der Waals surface area contributed by atoms with Gasteiger partial charge in [-0.2, -0.15) is 0 Å².